The average molecular weight is 1420 g/mol. The van der Waals surface area contributed by atoms with Crippen LogP contribution >= 0.6 is 0 Å². The molecule has 0 radical (unpaired) electrons. The predicted octanol–water partition coefficient (Wildman–Crippen LogP) is 27.0. The Morgan fingerprint density at radius 1 is 0.194 bits per heavy atom. The minimum absolute atomic E-state index is 0.165. The highest BCUT2D eigenvalue weighted by Crippen LogP contribution is 2.52. The maximum absolute atomic E-state index is 6.87. The molecule has 546 valence electrons. The van der Waals surface area contributed by atoms with Crippen LogP contribution in [-0.4, -0.2) is 38.2 Å². The second-order valence-corrected chi connectivity index (χ2v) is 39.1. The summed E-state index contributed by atoms with van der Waals surface area (Å²) in [5.74, 6) is 3.04. The summed E-state index contributed by atoms with van der Waals surface area (Å²) in [7, 11) is 0. The first-order chi connectivity index (χ1) is 50.6. The van der Waals surface area contributed by atoms with Crippen molar-refractivity contribution in [3.8, 4) is 57.2 Å². The second kappa shape index (κ2) is 24.5. The molecule has 0 spiro atoms. The molecular weight excluding hydrogens is 1310 g/mol. The molecule has 108 heavy (non-hydrogen) atoms. The van der Waals surface area contributed by atoms with Gasteiger partial charge >= 0.3 is 0 Å². The lowest BCUT2D eigenvalue weighted by atomic mass is 9.85. The Morgan fingerprint density at radius 2 is 0.380 bits per heavy atom. The first-order valence-corrected chi connectivity index (χ1v) is 38.9. The van der Waals surface area contributed by atoms with Crippen molar-refractivity contribution in [2.24, 2.45) is 0 Å². The molecule has 0 N–H and O–H groups in total. The largest absolute Gasteiger partial charge is 0.305 e. The smallest absolute Gasteiger partial charge is 0.168 e. The van der Waals surface area contributed by atoms with Gasteiger partial charge in [0.05, 0.1) is 49.7 Å². The molecule has 0 saturated carbocycles. The minimum Gasteiger partial charge on any atom is -0.305 e. The lowest BCUT2D eigenvalue weighted by molar-refractivity contribution is 0.590. The van der Waals surface area contributed by atoms with Gasteiger partial charge in [0, 0.05) is 54.2 Å². The molecule has 16 rings (SSSR count). The first kappa shape index (κ1) is 71.8. The van der Waals surface area contributed by atoms with Crippen LogP contribution < -0.4 is 0 Å². The van der Waals surface area contributed by atoms with E-state index in [1.54, 1.807) is 0 Å². The Balaban J connectivity index is 1.27. The van der Waals surface area contributed by atoms with Gasteiger partial charge in [-0.2, -0.15) is 0 Å². The van der Waals surface area contributed by atoms with E-state index in [0.717, 1.165) is 127 Å². The van der Waals surface area contributed by atoms with Crippen LogP contribution in [0, 0.1) is 0 Å². The van der Waals surface area contributed by atoms with Crippen LogP contribution in [0.15, 0.2) is 206 Å². The SMILES string of the molecule is CC(C)(C)c1ccc2c(c1)c1cc(C(C)(C)C)ccc1n2-c1nc(-n2c3ccc(C(C)(C)C)cc3c3cc(C(C)(C)C)ccc32)c(-n2c3ccc(C(C)(C)C)cc3c3cc(C(C)(C)C)ccc32)c(-c2nc(-c3ccccc3)nc(-c3ccccc3)n2)c1-n1c2ccc(C(C)(C)C)cc2c2cc(C(C)(C)C)ccc21. The average Bonchev–Trinajstić information content (AvgIpc) is 1.50. The van der Waals surface area contributed by atoms with E-state index < -0.39 is 0 Å². The molecule has 0 aliphatic rings. The summed E-state index contributed by atoms with van der Waals surface area (Å²) >= 11 is 0. The maximum Gasteiger partial charge on any atom is 0.168 e. The monoisotopic (exact) mass is 1420 g/mol. The van der Waals surface area contributed by atoms with Crippen LogP contribution in [0.1, 0.15) is 211 Å². The van der Waals surface area contributed by atoms with Crippen molar-refractivity contribution in [2.45, 2.75) is 209 Å². The van der Waals surface area contributed by atoms with E-state index in [4.69, 9.17) is 19.9 Å². The molecule has 0 aliphatic heterocycles. The van der Waals surface area contributed by atoms with Crippen LogP contribution in [0.3, 0.4) is 0 Å². The van der Waals surface area contributed by atoms with E-state index in [-0.39, 0.29) is 43.3 Å². The van der Waals surface area contributed by atoms with E-state index in [1.807, 2.05) is 0 Å². The molecule has 0 amide bonds. The number of aromatic nitrogens is 8. The lowest BCUT2D eigenvalue weighted by Gasteiger charge is -2.27. The summed E-state index contributed by atoms with van der Waals surface area (Å²) in [5.41, 5.74) is 21.1. The molecule has 8 heteroatoms. The molecule has 0 fully saturated rings. The zero-order valence-corrected chi connectivity index (χ0v) is 68.2. The Labute approximate surface area is 639 Å². The van der Waals surface area contributed by atoms with Gasteiger partial charge in [-0.3, -0.25) is 9.13 Å². The molecule has 0 saturated heterocycles. The van der Waals surface area contributed by atoms with Gasteiger partial charge in [0.2, 0.25) is 0 Å². The van der Waals surface area contributed by atoms with Gasteiger partial charge in [-0.25, -0.2) is 19.9 Å². The van der Waals surface area contributed by atoms with Gasteiger partial charge in [-0.15, -0.1) is 0 Å². The molecule has 0 atom stereocenters. The topological polar surface area (TPSA) is 71.3 Å². The molecule has 8 nitrogen and oxygen atoms in total. The van der Waals surface area contributed by atoms with Crippen molar-refractivity contribution in [1.29, 1.82) is 0 Å². The van der Waals surface area contributed by atoms with Crippen molar-refractivity contribution in [3.63, 3.8) is 0 Å². The Morgan fingerprint density at radius 3 is 0.574 bits per heavy atom. The zero-order valence-electron chi connectivity index (χ0n) is 68.2. The second-order valence-electron chi connectivity index (χ2n) is 39.1. The molecule has 6 aromatic heterocycles. The summed E-state index contributed by atoms with van der Waals surface area (Å²) in [6.45, 7) is 55.9. The molecule has 10 aromatic carbocycles. The van der Waals surface area contributed by atoms with Crippen molar-refractivity contribution in [3.05, 3.63) is 251 Å². The standard InChI is InChI=1S/C100H106N8/c1-93(2,3)61-35-43-77-69(51-61)70-52-62(94(4,5)6)36-44-78(70)105(77)86-85(90-102-88(59-31-27-25-28-32-59)101-89(103-90)60-33-29-26-30-34-60)87(106-79-45-37-63(95(7,8)9)53-71(79)72-54-64(96(10,11)12)38-46-80(72)106)92(108-83-49-41-67(99(19,20)21)57-75(83)76-58-68(100(22,23)24)42-50-84(76)108)104-91(86)107-81-47-39-65(97(13,14)15)55-73(81)74-56-66(98(16,17)18)40-48-82(74)107/h25-58H,1-24H3. The first-order valence-electron chi connectivity index (χ1n) is 38.9. The van der Waals surface area contributed by atoms with Crippen molar-refractivity contribution >= 4 is 87.2 Å². The van der Waals surface area contributed by atoms with Gasteiger partial charge in [0.15, 0.2) is 29.1 Å². The Kier molecular flexibility index (Phi) is 16.3. The van der Waals surface area contributed by atoms with Crippen LogP contribution in [-0.2, 0) is 43.3 Å². The van der Waals surface area contributed by atoms with Crippen LogP contribution in [0.25, 0.3) is 144 Å². The van der Waals surface area contributed by atoms with Crippen molar-refractivity contribution in [1.82, 2.24) is 38.2 Å². The molecule has 6 heterocycles. The van der Waals surface area contributed by atoms with Crippen molar-refractivity contribution in [2.75, 3.05) is 0 Å². The van der Waals surface area contributed by atoms with E-state index >= 15 is 0 Å². The van der Waals surface area contributed by atoms with Gasteiger partial charge in [-0.05, 0) is 185 Å². The molecular formula is C100H106N8. The number of fused-ring (bicyclic) bond motifs is 12. The maximum atomic E-state index is 6.87. The van der Waals surface area contributed by atoms with Gasteiger partial charge < -0.3 is 9.13 Å². The van der Waals surface area contributed by atoms with Gasteiger partial charge in [0.1, 0.15) is 11.4 Å². The van der Waals surface area contributed by atoms with Crippen LogP contribution in [0.5, 0.6) is 0 Å². The summed E-state index contributed by atoms with van der Waals surface area (Å²) in [6.07, 6.45) is 0. The Hall–Kier alpha value is -10.4. The number of hydrogen-bond donors (Lipinski definition) is 0. The highest BCUT2D eigenvalue weighted by Gasteiger charge is 2.37. The van der Waals surface area contributed by atoms with E-state index in [2.05, 4.69) is 391 Å². The van der Waals surface area contributed by atoms with Crippen LogP contribution in [0.4, 0.5) is 0 Å². The van der Waals surface area contributed by atoms with E-state index in [0.29, 0.717) is 17.5 Å². The third kappa shape index (κ3) is 12.1. The normalized spacial score (nSPS) is 13.4. The number of hydrogen-bond acceptors (Lipinski definition) is 4. The van der Waals surface area contributed by atoms with Crippen LogP contribution in [0.2, 0.25) is 0 Å². The number of rotatable bonds is 7. The third-order valence-corrected chi connectivity index (χ3v) is 22.9. The Bertz CT molecular complexity index is 5680. The van der Waals surface area contributed by atoms with Gasteiger partial charge in [-0.1, -0.05) is 275 Å². The summed E-state index contributed by atoms with van der Waals surface area (Å²) in [5, 5.41) is 9.21. The highest BCUT2D eigenvalue weighted by atomic mass is 15.2. The zero-order chi connectivity index (χ0) is 76.8. The highest BCUT2D eigenvalue weighted by molar-refractivity contribution is 6.16. The third-order valence-electron chi connectivity index (χ3n) is 22.9. The summed E-state index contributed by atoms with van der Waals surface area (Å²) in [6, 6.07) is 78.6. The van der Waals surface area contributed by atoms with E-state index in [9.17, 15) is 0 Å². The van der Waals surface area contributed by atoms with Crippen molar-refractivity contribution < 1.29 is 0 Å². The molecule has 0 bridgehead atoms. The summed E-state index contributed by atoms with van der Waals surface area (Å²) in [4.78, 5) is 24.6. The molecule has 0 aliphatic carbocycles. The quantitative estimate of drug-likeness (QED) is 0.159. The fourth-order valence-corrected chi connectivity index (χ4v) is 16.2. The molecule has 0 unspecified atom stereocenters. The van der Waals surface area contributed by atoms with Gasteiger partial charge in [0.25, 0.3) is 0 Å². The fraction of sp³-hybridized carbons (Fsp3) is 0.320. The lowest BCUT2D eigenvalue weighted by Crippen LogP contribution is -2.18. The van der Waals surface area contributed by atoms with E-state index in [1.165, 1.54) is 44.5 Å². The predicted molar refractivity (Wildman–Crippen MR) is 461 cm³/mol. The minimum atomic E-state index is -0.176. The number of benzene rings is 10. The molecule has 16 aromatic rings. The number of nitrogens with zero attached hydrogens (tertiary/aromatic N) is 8. The number of pyridine rings is 1. The summed E-state index contributed by atoms with van der Waals surface area (Å²) < 4.78 is 10.2. The fourth-order valence-electron chi connectivity index (χ4n) is 16.2.